The third kappa shape index (κ3) is 2.12. The molecule has 19 heavy (non-hydrogen) atoms. The third-order valence-electron chi connectivity index (χ3n) is 3.81. The van der Waals surface area contributed by atoms with Crippen LogP contribution in [0.4, 0.5) is 11.7 Å². The number of aromatic nitrogens is 1. The van der Waals surface area contributed by atoms with Crippen molar-refractivity contribution in [1.82, 2.24) is 10.3 Å². The summed E-state index contributed by atoms with van der Waals surface area (Å²) < 4.78 is 5.63. The number of nitrogens with one attached hydrogen (secondary N) is 1. The molecule has 1 aliphatic carbocycles. The van der Waals surface area contributed by atoms with Crippen molar-refractivity contribution in [3.05, 3.63) is 41.8 Å². The van der Waals surface area contributed by atoms with Crippen molar-refractivity contribution in [3.8, 4) is 0 Å². The highest BCUT2D eigenvalue weighted by Crippen LogP contribution is 2.33. The Kier molecular flexibility index (Phi) is 2.55. The number of hydrogen-bond acceptors (Lipinski definition) is 4. The fourth-order valence-corrected chi connectivity index (χ4v) is 2.57. The molecule has 1 N–H and O–H groups in total. The van der Waals surface area contributed by atoms with Crippen LogP contribution in [0.5, 0.6) is 0 Å². The van der Waals surface area contributed by atoms with Gasteiger partial charge in [0, 0.05) is 24.8 Å². The Morgan fingerprint density at radius 2 is 2.21 bits per heavy atom. The van der Waals surface area contributed by atoms with Gasteiger partial charge in [-0.2, -0.15) is 4.98 Å². The summed E-state index contributed by atoms with van der Waals surface area (Å²) in [4.78, 5) is 6.75. The van der Waals surface area contributed by atoms with E-state index >= 15 is 0 Å². The zero-order valence-electron chi connectivity index (χ0n) is 10.8. The summed E-state index contributed by atoms with van der Waals surface area (Å²) in [5.74, 6) is 0. The zero-order chi connectivity index (χ0) is 12.7. The molecule has 0 unspecified atom stereocenters. The number of para-hydroxylation sites is 1. The topological polar surface area (TPSA) is 41.3 Å². The van der Waals surface area contributed by atoms with Crippen LogP contribution in [-0.4, -0.2) is 17.6 Å². The van der Waals surface area contributed by atoms with Crippen molar-refractivity contribution in [3.63, 3.8) is 0 Å². The van der Waals surface area contributed by atoms with Crippen LogP contribution in [0.3, 0.4) is 0 Å². The first kappa shape index (κ1) is 11.1. The number of anilines is 2. The van der Waals surface area contributed by atoms with Gasteiger partial charge < -0.3 is 9.73 Å². The van der Waals surface area contributed by atoms with Crippen LogP contribution in [0.25, 0.3) is 0 Å². The van der Waals surface area contributed by atoms with E-state index in [1.807, 2.05) is 0 Å². The number of benzene rings is 1. The lowest BCUT2D eigenvalue weighted by Crippen LogP contribution is -2.16. The first-order valence-corrected chi connectivity index (χ1v) is 6.93. The molecule has 2 aromatic rings. The van der Waals surface area contributed by atoms with Crippen molar-refractivity contribution < 1.29 is 4.42 Å². The highest BCUT2D eigenvalue weighted by Gasteiger charge is 2.24. The van der Waals surface area contributed by atoms with E-state index in [9.17, 15) is 0 Å². The monoisotopic (exact) mass is 255 g/mol. The number of oxazole rings is 1. The van der Waals surface area contributed by atoms with Gasteiger partial charge in [0.15, 0.2) is 0 Å². The lowest BCUT2D eigenvalue weighted by atomic mass is 10.2. The molecule has 4 nitrogen and oxygen atoms in total. The van der Waals surface area contributed by atoms with Gasteiger partial charge in [-0.3, -0.25) is 4.90 Å². The molecule has 1 aromatic carbocycles. The summed E-state index contributed by atoms with van der Waals surface area (Å²) in [6.07, 6.45) is 5.42. The molecule has 0 saturated heterocycles. The molecule has 1 aromatic heterocycles. The Morgan fingerprint density at radius 1 is 1.32 bits per heavy atom. The second-order valence-electron chi connectivity index (χ2n) is 5.31. The summed E-state index contributed by atoms with van der Waals surface area (Å²) in [7, 11) is 0. The van der Waals surface area contributed by atoms with E-state index < -0.39 is 0 Å². The van der Waals surface area contributed by atoms with E-state index in [4.69, 9.17) is 4.42 Å². The molecular weight excluding hydrogens is 238 g/mol. The fraction of sp³-hybridized carbons (Fsp3) is 0.400. The average molecular weight is 255 g/mol. The quantitative estimate of drug-likeness (QED) is 0.911. The van der Waals surface area contributed by atoms with E-state index in [0.717, 1.165) is 31.2 Å². The zero-order valence-corrected chi connectivity index (χ0v) is 10.8. The second kappa shape index (κ2) is 4.38. The van der Waals surface area contributed by atoms with E-state index in [2.05, 4.69) is 39.5 Å². The minimum atomic E-state index is 0.702. The number of nitrogens with zero attached hydrogens (tertiary/aromatic N) is 2. The van der Waals surface area contributed by atoms with Gasteiger partial charge in [-0.05, 0) is 30.9 Å². The van der Waals surface area contributed by atoms with Gasteiger partial charge in [0.05, 0.1) is 5.69 Å². The maximum atomic E-state index is 5.63. The molecule has 2 aliphatic rings. The molecule has 0 radical (unpaired) electrons. The largest absolute Gasteiger partial charge is 0.431 e. The number of hydrogen-bond donors (Lipinski definition) is 1. The van der Waals surface area contributed by atoms with E-state index in [-0.39, 0.29) is 0 Å². The van der Waals surface area contributed by atoms with Crippen LogP contribution < -0.4 is 10.2 Å². The van der Waals surface area contributed by atoms with Crippen molar-refractivity contribution in [2.75, 3.05) is 11.4 Å². The molecule has 4 rings (SSSR count). The fourth-order valence-electron chi connectivity index (χ4n) is 2.57. The summed E-state index contributed by atoms with van der Waals surface area (Å²) >= 11 is 0. The lowest BCUT2D eigenvalue weighted by Gasteiger charge is -2.13. The second-order valence-corrected chi connectivity index (χ2v) is 5.31. The molecule has 1 saturated carbocycles. The Bertz CT molecular complexity index is 589. The van der Waals surface area contributed by atoms with Crippen molar-refractivity contribution >= 4 is 11.7 Å². The van der Waals surface area contributed by atoms with Crippen LogP contribution in [-0.2, 0) is 13.0 Å². The minimum absolute atomic E-state index is 0.702. The average Bonchev–Trinajstić information content (AvgIpc) is 3.00. The molecule has 0 amide bonds. The van der Waals surface area contributed by atoms with Crippen molar-refractivity contribution in [2.45, 2.75) is 31.8 Å². The predicted octanol–water partition coefficient (Wildman–Crippen LogP) is 2.62. The third-order valence-corrected chi connectivity index (χ3v) is 3.81. The summed E-state index contributed by atoms with van der Waals surface area (Å²) in [6.45, 7) is 1.76. The Morgan fingerprint density at radius 3 is 3.11 bits per heavy atom. The number of rotatable bonds is 4. The molecule has 4 heteroatoms. The Balaban J connectivity index is 1.53. The van der Waals surface area contributed by atoms with Gasteiger partial charge in [0.25, 0.3) is 0 Å². The van der Waals surface area contributed by atoms with Crippen molar-refractivity contribution in [2.24, 2.45) is 0 Å². The molecule has 2 heterocycles. The molecule has 1 aliphatic heterocycles. The van der Waals surface area contributed by atoms with Crippen LogP contribution in [0.1, 0.15) is 24.1 Å². The van der Waals surface area contributed by atoms with Crippen LogP contribution in [0, 0.1) is 0 Å². The van der Waals surface area contributed by atoms with E-state index in [1.165, 1.54) is 24.1 Å². The van der Waals surface area contributed by atoms with Gasteiger partial charge in [0.1, 0.15) is 6.26 Å². The first-order chi connectivity index (χ1) is 9.40. The molecule has 0 atom stereocenters. The maximum absolute atomic E-state index is 5.63. The van der Waals surface area contributed by atoms with Crippen LogP contribution in [0.2, 0.25) is 0 Å². The van der Waals surface area contributed by atoms with Gasteiger partial charge in [-0.1, -0.05) is 18.2 Å². The highest BCUT2D eigenvalue weighted by atomic mass is 16.4. The first-order valence-electron chi connectivity index (χ1n) is 6.93. The van der Waals surface area contributed by atoms with Gasteiger partial charge in [-0.25, -0.2) is 0 Å². The van der Waals surface area contributed by atoms with Crippen LogP contribution in [0.15, 0.2) is 34.9 Å². The Labute approximate surface area is 112 Å². The molecule has 0 bridgehead atoms. The van der Waals surface area contributed by atoms with E-state index in [0.29, 0.717) is 6.04 Å². The standard InChI is InChI=1S/C15H17N3O/c1-2-4-14-11(3-1)7-8-18(14)15-17-13(10-19-15)9-16-12-5-6-12/h1-4,10,12,16H,5-9H2. The van der Waals surface area contributed by atoms with Crippen molar-refractivity contribution in [1.29, 1.82) is 0 Å². The summed E-state index contributed by atoms with van der Waals surface area (Å²) in [5.41, 5.74) is 3.59. The SMILES string of the molecule is c1ccc2c(c1)CCN2c1nc(CNC2CC2)co1. The van der Waals surface area contributed by atoms with E-state index in [1.54, 1.807) is 6.26 Å². The van der Waals surface area contributed by atoms with Crippen LogP contribution >= 0.6 is 0 Å². The predicted molar refractivity (Wildman–Crippen MR) is 73.5 cm³/mol. The van der Waals surface area contributed by atoms with Gasteiger partial charge in [-0.15, -0.1) is 0 Å². The van der Waals surface area contributed by atoms with Gasteiger partial charge >= 0.3 is 6.01 Å². The number of fused-ring (bicyclic) bond motifs is 1. The summed E-state index contributed by atoms with van der Waals surface area (Å²) in [6, 6.07) is 9.88. The lowest BCUT2D eigenvalue weighted by molar-refractivity contribution is 0.553. The molecule has 98 valence electrons. The normalized spacial score (nSPS) is 17.8. The smallest absolute Gasteiger partial charge is 0.302 e. The summed E-state index contributed by atoms with van der Waals surface area (Å²) in [5, 5.41) is 3.45. The van der Waals surface area contributed by atoms with Gasteiger partial charge in [0.2, 0.25) is 0 Å². The molecular formula is C15H17N3O. The Hall–Kier alpha value is -1.81. The molecule has 1 fully saturated rings. The highest BCUT2D eigenvalue weighted by molar-refractivity contribution is 5.64. The molecule has 0 spiro atoms. The maximum Gasteiger partial charge on any atom is 0.302 e. The minimum Gasteiger partial charge on any atom is -0.431 e.